The Morgan fingerprint density at radius 2 is 1.52 bits per heavy atom. The molecule has 1 aliphatic heterocycles. The second kappa shape index (κ2) is 12.2. The van der Waals surface area contributed by atoms with E-state index in [1.165, 1.54) is 98.4 Å². The van der Waals surface area contributed by atoms with Gasteiger partial charge in [0.05, 0.1) is 0 Å². The summed E-state index contributed by atoms with van der Waals surface area (Å²) in [5.74, 6) is 0. The van der Waals surface area contributed by atoms with E-state index in [1.54, 1.807) is 0 Å². The molecule has 0 aromatic heterocycles. The highest BCUT2D eigenvalue weighted by atomic mass is 32.2. The van der Waals surface area contributed by atoms with Crippen molar-refractivity contribution in [3.05, 3.63) is 58.1 Å². The van der Waals surface area contributed by atoms with Gasteiger partial charge in [0.25, 0.3) is 0 Å². The maximum atomic E-state index is 10.7. The number of nitrogens with zero attached hydrogens (tertiary/aromatic N) is 1. The number of hydrogen-bond acceptors (Lipinski definition) is 5. The molecular weight excluding hydrogens is 404 g/mol. The van der Waals surface area contributed by atoms with Crippen molar-refractivity contribution in [1.29, 1.82) is 0 Å². The van der Waals surface area contributed by atoms with Crippen LogP contribution in [0.5, 0.6) is 0 Å². The van der Waals surface area contributed by atoms with E-state index in [1.807, 2.05) is 0 Å². The summed E-state index contributed by atoms with van der Waals surface area (Å²) in [7, 11) is 1.50. The lowest BCUT2D eigenvalue weighted by atomic mass is 9.99. The number of amides is 1. The van der Waals surface area contributed by atoms with Crippen LogP contribution in [0.4, 0.5) is 5.69 Å². The van der Waals surface area contributed by atoms with Gasteiger partial charge in [-0.25, -0.2) is 0 Å². The molecule has 5 rings (SSSR count). The van der Waals surface area contributed by atoms with E-state index >= 15 is 0 Å². The molecule has 6 heteroatoms. The second-order valence-electron chi connectivity index (χ2n) is 8.24. The normalized spacial score (nSPS) is 16.5. The summed E-state index contributed by atoms with van der Waals surface area (Å²) < 4.78 is 0. The molecule has 5 nitrogen and oxygen atoms in total. The van der Waals surface area contributed by atoms with Crippen molar-refractivity contribution >= 4 is 24.0 Å². The van der Waals surface area contributed by atoms with Crippen molar-refractivity contribution in [1.82, 2.24) is 4.90 Å². The van der Waals surface area contributed by atoms with Gasteiger partial charge in [0.1, 0.15) is 0 Å². The van der Waals surface area contributed by atoms with Gasteiger partial charge in [-0.3, -0.25) is 14.8 Å². The summed E-state index contributed by atoms with van der Waals surface area (Å²) >= 11 is 1.31. The molecule has 1 saturated heterocycles. The Hall–Kier alpha value is -1.86. The van der Waals surface area contributed by atoms with Crippen LogP contribution in [-0.2, 0) is 37.0 Å². The Balaban J connectivity index is 0.000000163. The van der Waals surface area contributed by atoms with Crippen LogP contribution < -0.4 is 16.2 Å². The third-order valence-electron chi connectivity index (χ3n) is 6.34. The first kappa shape index (κ1) is 23.8. The minimum atomic E-state index is 0.826. The number of anilines is 1. The standard InChI is InChI=1S/C13H15NO.C11H16N2S.CH5N/c15-8-14-13-11-5-1-3-9(11)7-10-4-2-6-12(10)13;12-14-11-5-3-10(4-6-11)9-13-7-1-2-8-13;1-2/h7-8H,1-6H2,(H,14,15);3-6H,1-2,7-9,12H2;2H2,1H3. The fourth-order valence-corrected chi connectivity index (χ4v) is 5.21. The Kier molecular flexibility index (Phi) is 9.40. The van der Waals surface area contributed by atoms with Gasteiger partial charge in [0.2, 0.25) is 6.41 Å². The minimum Gasteiger partial charge on any atom is -0.333 e. The van der Waals surface area contributed by atoms with Crippen LogP contribution in [0.3, 0.4) is 0 Å². The van der Waals surface area contributed by atoms with E-state index in [0.29, 0.717) is 0 Å². The van der Waals surface area contributed by atoms with Crippen LogP contribution in [0.25, 0.3) is 0 Å². The molecule has 1 fully saturated rings. The first-order valence-electron chi connectivity index (χ1n) is 11.4. The molecule has 5 N–H and O–H groups in total. The fourth-order valence-electron chi connectivity index (χ4n) is 4.92. The zero-order chi connectivity index (χ0) is 22.1. The summed E-state index contributed by atoms with van der Waals surface area (Å²) in [6, 6.07) is 10.9. The van der Waals surface area contributed by atoms with Crippen molar-refractivity contribution in [3.63, 3.8) is 0 Å². The molecule has 0 spiro atoms. The molecule has 168 valence electrons. The molecule has 3 aliphatic rings. The van der Waals surface area contributed by atoms with Crippen molar-refractivity contribution in [3.8, 4) is 0 Å². The highest BCUT2D eigenvalue weighted by Gasteiger charge is 2.23. The van der Waals surface area contributed by atoms with Crippen molar-refractivity contribution in [2.45, 2.75) is 62.8 Å². The lowest BCUT2D eigenvalue weighted by Gasteiger charge is -2.14. The lowest BCUT2D eigenvalue weighted by Crippen LogP contribution is -2.18. The molecule has 0 unspecified atom stereocenters. The van der Waals surface area contributed by atoms with Gasteiger partial charge in [-0.15, -0.1) is 0 Å². The maximum Gasteiger partial charge on any atom is 0.211 e. The van der Waals surface area contributed by atoms with E-state index in [0.717, 1.165) is 36.4 Å². The molecule has 2 aromatic carbocycles. The number of rotatable bonds is 5. The van der Waals surface area contributed by atoms with E-state index in [9.17, 15) is 4.79 Å². The van der Waals surface area contributed by atoms with E-state index in [-0.39, 0.29) is 0 Å². The highest BCUT2D eigenvalue weighted by Crippen LogP contribution is 2.38. The summed E-state index contributed by atoms with van der Waals surface area (Å²) in [6.07, 6.45) is 10.7. The lowest BCUT2D eigenvalue weighted by molar-refractivity contribution is -0.105. The largest absolute Gasteiger partial charge is 0.333 e. The van der Waals surface area contributed by atoms with Gasteiger partial charge in [-0.1, -0.05) is 18.2 Å². The molecule has 2 aliphatic carbocycles. The third kappa shape index (κ3) is 6.10. The third-order valence-corrected chi connectivity index (χ3v) is 6.88. The molecule has 1 amide bonds. The van der Waals surface area contributed by atoms with Crippen LogP contribution in [0.15, 0.2) is 35.2 Å². The molecule has 2 aromatic rings. The predicted octanol–water partition coefficient (Wildman–Crippen LogP) is 4.06. The number of fused-ring (bicyclic) bond motifs is 2. The number of nitrogens with two attached hydrogens (primary N) is 2. The predicted molar refractivity (Wildman–Crippen MR) is 131 cm³/mol. The topological polar surface area (TPSA) is 84.4 Å². The quantitative estimate of drug-likeness (QED) is 0.482. The number of aryl methyl sites for hydroxylation is 2. The molecule has 31 heavy (non-hydrogen) atoms. The molecule has 0 atom stereocenters. The van der Waals surface area contributed by atoms with Crippen molar-refractivity contribution in [2.75, 3.05) is 25.5 Å². The Morgan fingerprint density at radius 1 is 0.935 bits per heavy atom. The van der Waals surface area contributed by atoms with Crippen molar-refractivity contribution < 1.29 is 4.79 Å². The number of carbonyl (C=O) groups is 1. The smallest absolute Gasteiger partial charge is 0.211 e. The number of carbonyl (C=O) groups excluding carboxylic acids is 1. The minimum absolute atomic E-state index is 0.826. The zero-order valence-electron chi connectivity index (χ0n) is 18.7. The second-order valence-corrected chi connectivity index (χ2v) is 8.95. The average molecular weight is 441 g/mol. The molecule has 0 radical (unpaired) electrons. The fraction of sp³-hybridized carbons (Fsp3) is 0.480. The summed E-state index contributed by atoms with van der Waals surface area (Å²) in [5.41, 5.74) is 12.8. The first-order valence-corrected chi connectivity index (χ1v) is 12.3. The summed E-state index contributed by atoms with van der Waals surface area (Å²) in [4.78, 5) is 14.3. The zero-order valence-corrected chi connectivity index (χ0v) is 19.5. The van der Waals surface area contributed by atoms with E-state index < -0.39 is 0 Å². The monoisotopic (exact) mass is 440 g/mol. The highest BCUT2D eigenvalue weighted by molar-refractivity contribution is 7.97. The number of hydrogen-bond donors (Lipinski definition) is 3. The molecule has 0 saturated carbocycles. The van der Waals surface area contributed by atoms with E-state index in [2.05, 4.69) is 46.3 Å². The summed E-state index contributed by atoms with van der Waals surface area (Å²) in [6.45, 7) is 3.61. The van der Waals surface area contributed by atoms with Gasteiger partial charge in [0.15, 0.2) is 0 Å². The van der Waals surface area contributed by atoms with Gasteiger partial charge in [-0.05, 0) is 123 Å². The Morgan fingerprint density at radius 3 is 2.03 bits per heavy atom. The van der Waals surface area contributed by atoms with Crippen LogP contribution in [-0.4, -0.2) is 31.4 Å². The molecular formula is C25H36N4OS. The number of nitrogens with one attached hydrogen (secondary N) is 1. The molecule has 1 heterocycles. The average Bonchev–Trinajstić information content (AvgIpc) is 3.58. The van der Waals surface area contributed by atoms with Crippen LogP contribution in [0.1, 0.15) is 53.5 Å². The van der Waals surface area contributed by atoms with E-state index in [4.69, 9.17) is 5.14 Å². The Bertz CT molecular complexity index is 815. The SMILES string of the molecule is CN.NSc1ccc(CN2CCCC2)cc1.O=CNc1c2c(cc3c1CCC3)CCC2. The maximum absolute atomic E-state index is 10.7. The number of benzene rings is 2. The van der Waals surface area contributed by atoms with Crippen LogP contribution >= 0.6 is 11.9 Å². The number of likely N-dealkylation sites (tertiary alicyclic amines) is 1. The van der Waals surface area contributed by atoms with Crippen LogP contribution in [0, 0.1) is 0 Å². The van der Waals surface area contributed by atoms with Gasteiger partial charge in [-0.2, -0.15) is 0 Å². The van der Waals surface area contributed by atoms with Crippen molar-refractivity contribution in [2.24, 2.45) is 10.9 Å². The van der Waals surface area contributed by atoms with Gasteiger partial charge < -0.3 is 11.1 Å². The first-order chi connectivity index (χ1) is 15.3. The summed E-state index contributed by atoms with van der Waals surface area (Å²) in [5, 5.41) is 8.40. The van der Waals surface area contributed by atoms with Crippen LogP contribution in [0.2, 0.25) is 0 Å². The van der Waals surface area contributed by atoms with Gasteiger partial charge in [0, 0.05) is 17.1 Å². The molecule has 0 bridgehead atoms. The van der Waals surface area contributed by atoms with Gasteiger partial charge >= 0.3 is 0 Å². The Labute approximate surface area is 191 Å².